The highest BCUT2D eigenvalue weighted by atomic mass is 17.2. The molecule has 0 radical (unpaired) electrons. The quantitative estimate of drug-likeness (QED) is 0.628. The van der Waals surface area contributed by atoms with Gasteiger partial charge in [-0.15, -0.1) is 0 Å². The zero-order valence-electron chi connectivity index (χ0n) is 16.1. The van der Waals surface area contributed by atoms with Gasteiger partial charge in [0.15, 0.2) is 5.60 Å². The van der Waals surface area contributed by atoms with Crippen molar-refractivity contribution < 1.29 is 14.6 Å². The summed E-state index contributed by atoms with van der Waals surface area (Å²) in [5, 5.41) is 0. The molecule has 0 aromatic heterocycles. The summed E-state index contributed by atoms with van der Waals surface area (Å²) >= 11 is 0. The van der Waals surface area contributed by atoms with Gasteiger partial charge in [0.25, 0.3) is 0 Å². The van der Waals surface area contributed by atoms with Crippen LogP contribution in [0.2, 0.25) is 0 Å². The molecule has 2 fully saturated rings. The van der Waals surface area contributed by atoms with Crippen molar-refractivity contribution in [2.24, 2.45) is 5.92 Å². The van der Waals surface area contributed by atoms with Crippen LogP contribution >= 0.6 is 0 Å². The molecule has 5 rings (SSSR count). The number of carbonyl (C=O) groups is 1. The Morgan fingerprint density at radius 1 is 0.828 bits per heavy atom. The average Bonchev–Trinajstić information content (AvgIpc) is 3.10. The lowest BCUT2D eigenvalue weighted by atomic mass is 9.77. The fraction of sp³-hybridized carbons (Fsp3) is 0.240. The second kappa shape index (κ2) is 7.47. The number of carbonyl (C=O) groups excluding carboxylic acids is 1. The summed E-state index contributed by atoms with van der Waals surface area (Å²) in [7, 11) is 0. The minimum Gasteiger partial charge on any atom is -0.335 e. The molecule has 146 valence electrons. The van der Waals surface area contributed by atoms with Crippen LogP contribution in [0.4, 0.5) is 0 Å². The van der Waals surface area contributed by atoms with Crippen LogP contribution in [0.25, 0.3) is 0 Å². The standard InChI is InChI=1S/C25H23NO3/c27-24-22-16-25(20-12-6-2-7-13-20,21-14-8-3-9-15-21)29-28-23(22)18-26(24)17-19-10-4-1-5-11-19/h1-15,22-23H,16-18H2. The molecular weight excluding hydrogens is 362 g/mol. The number of hydrogen-bond acceptors (Lipinski definition) is 3. The third kappa shape index (κ3) is 3.24. The van der Waals surface area contributed by atoms with Crippen molar-refractivity contribution in [1.82, 2.24) is 4.90 Å². The molecule has 29 heavy (non-hydrogen) atoms. The molecule has 2 aliphatic rings. The summed E-state index contributed by atoms with van der Waals surface area (Å²) in [4.78, 5) is 27.2. The van der Waals surface area contributed by atoms with Crippen molar-refractivity contribution in [2.75, 3.05) is 6.54 Å². The fourth-order valence-corrected chi connectivity index (χ4v) is 4.49. The minimum absolute atomic E-state index is 0.137. The van der Waals surface area contributed by atoms with E-state index in [0.717, 1.165) is 16.7 Å². The predicted molar refractivity (Wildman–Crippen MR) is 110 cm³/mol. The number of hydrogen-bond donors (Lipinski definition) is 0. The van der Waals surface area contributed by atoms with E-state index in [-0.39, 0.29) is 17.9 Å². The summed E-state index contributed by atoms with van der Waals surface area (Å²) in [6.07, 6.45) is 0.322. The fourth-order valence-electron chi connectivity index (χ4n) is 4.49. The van der Waals surface area contributed by atoms with Crippen LogP contribution in [0.1, 0.15) is 23.1 Å². The smallest absolute Gasteiger partial charge is 0.229 e. The summed E-state index contributed by atoms with van der Waals surface area (Å²) in [6, 6.07) is 30.2. The maximum atomic E-state index is 13.3. The minimum atomic E-state index is -0.790. The van der Waals surface area contributed by atoms with E-state index in [2.05, 4.69) is 0 Å². The zero-order valence-corrected chi connectivity index (χ0v) is 16.1. The average molecular weight is 385 g/mol. The van der Waals surface area contributed by atoms with Gasteiger partial charge in [-0.2, -0.15) is 0 Å². The first-order valence-corrected chi connectivity index (χ1v) is 10.0. The highest BCUT2D eigenvalue weighted by molar-refractivity contribution is 5.82. The first kappa shape index (κ1) is 18.1. The SMILES string of the molecule is O=C1C2CC(c3ccccc3)(c3ccccc3)OOC2CN1Cc1ccccc1. The molecule has 4 heteroatoms. The summed E-state index contributed by atoms with van der Waals surface area (Å²) < 4.78 is 0. The highest BCUT2D eigenvalue weighted by Crippen LogP contribution is 2.46. The van der Waals surface area contributed by atoms with Crippen molar-refractivity contribution in [3.63, 3.8) is 0 Å². The second-order valence-electron chi connectivity index (χ2n) is 7.79. The molecule has 3 aromatic carbocycles. The van der Waals surface area contributed by atoms with E-state index in [1.165, 1.54) is 0 Å². The van der Waals surface area contributed by atoms with E-state index in [1.54, 1.807) is 0 Å². The van der Waals surface area contributed by atoms with Crippen LogP contribution in [0, 0.1) is 5.92 Å². The Morgan fingerprint density at radius 2 is 1.38 bits per heavy atom. The van der Waals surface area contributed by atoms with E-state index in [9.17, 15) is 4.79 Å². The van der Waals surface area contributed by atoms with Crippen molar-refractivity contribution in [3.8, 4) is 0 Å². The first-order valence-electron chi connectivity index (χ1n) is 10.0. The van der Waals surface area contributed by atoms with Gasteiger partial charge in [-0.3, -0.25) is 4.79 Å². The number of rotatable bonds is 4. The van der Waals surface area contributed by atoms with Crippen molar-refractivity contribution in [2.45, 2.75) is 24.7 Å². The van der Waals surface area contributed by atoms with Crippen molar-refractivity contribution in [1.29, 1.82) is 0 Å². The summed E-state index contributed by atoms with van der Waals surface area (Å²) in [6.45, 7) is 1.15. The van der Waals surface area contributed by atoms with Crippen LogP contribution in [0.3, 0.4) is 0 Å². The van der Waals surface area contributed by atoms with Gasteiger partial charge in [-0.25, -0.2) is 9.78 Å². The van der Waals surface area contributed by atoms with Crippen LogP contribution in [0.15, 0.2) is 91.0 Å². The number of nitrogens with zero attached hydrogens (tertiary/aromatic N) is 1. The molecule has 2 heterocycles. The summed E-state index contributed by atoms with van der Waals surface area (Å²) in [5.74, 6) is -0.0914. The third-order valence-corrected chi connectivity index (χ3v) is 6.00. The van der Waals surface area contributed by atoms with Crippen LogP contribution in [0.5, 0.6) is 0 Å². The topological polar surface area (TPSA) is 38.8 Å². The Labute approximate surface area is 170 Å². The molecule has 0 aliphatic carbocycles. The first-order chi connectivity index (χ1) is 14.3. The molecule has 4 nitrogen and oxygen atoms in total. The maximum absolute atomic E-state index is 13.3. The lowest BCUT2D eigenvalue weighted by Gasteiger charge is -2.40. The van der Waals surface area contributed by atoms with E-state index < -0.39 is 5.60 Å². The molecule has 2 saturated heterocycles. The molecule has 1 amide bonds. The number of fused-ring (bicyclic) bond motifs is 1. The van der Waals surface area contributed by atoms with Gasteiger partial charge in [0.05, 0.1) is 12.5 Å². The van der Waals surface area contributed by atoms with Crippen LogP contribution < -0.4 is 0 Å². The Hall–Kier alpha value is -2.95. The van der Waals surface area contributed by atoms with Gasteiger partial charge in [0, 0.05) is 13.0 Å². The molecule has 0 saturated carbocycles. The summed E-state index contributed by atoms with van der Waals surface area (Å²) in [5.41, 5.74) is 2.33. The highest BCUT2D eigenvalue weighted by Gasteiger charge is 2.53. The van der Waals surface area contributed by atoms with Crippen molar-refractivity contribution >= 4 is 5.91 Å². The van der Waals surface area contributed by atoms with Gasteiger partial charge in [0.2, 0.25) is 5.91 Å². The normalized spacial score (nSPS) is 23.0. The monoisotopic (exact) mass is 385 g/mol. The second-order valence-corrected chi connectivity index (χ2v) is 7.79. The molecule has 2 aliphatic heterocycles. The molecular formula is C25H23NO3. The number of benzene rings is 3. The molecule has 2 atom stereocenters. The zero-order chi connectivity index (χ0) is 19.7. The lowest BCUT2D eigenvalue weighted by Crippen LogP contribution is -2.44. The molecule has 0 spiro atoms. The molecule has 3 aromatic rings. The van der Waals surface area contributed by atoms with Gasteiger partial charge < -0.3 is 4.90 Å². The van der Waals surface area contributed by atoms with Gasteiger partial charge in [0.1, 0.15) is 6.10 Å². The maximum Gasteiger partial charge on any atom is 0.229 e. The Bertz CT molecular complexity index is 935. The predicted octanol–water partition coefficient (Wildman–Crippen LogP) is 4.31. The van der Waals surface area contributed by atoms with E-state index >= 15 is 0 Å². The Morgan fingerprint density at radius 3 is 1.97 bits per heavy atom. The Balaban J connectivity index is 1.46. The Kier molecular flexibility index (Phi) is 4.66. The van der Waals surface area contributed by atoms with Gasteiger partial charge in [-0.05, 0) is 16.7 Å². The number of amides is 1. The molecule has 0 bridgehead atoms. The van der Waals surface area contributed by atoms with Crippen LogP contribution in [-0.4, -0.2) is 23.5 Å². The van der Waals surface area contributed by atoms with E-state index in [1.807, 2.05) is 95.9 Å². The third-order valence-electron chi connectivity index (χ3n) is 6.00. The lowest BCUT2D eigenvalue weighted by molar-refractivity contribution is -0.408. The van der Waals surface area contributed by atoms with Crippen LogP contribution in [-0.2, 0) is 26.7 Å². The van der Waals surface area contributed by atoms with Gasteiger partial charge in [-0.1, -0.05) is 91.0 Å². The largest absolute Gasteiger partial charge is 0.335 e. The molecule has 2 unspecified atom stereocenters. The molecule has 0 N–H and O–H groups in total. The van der Waals surface area contributed by atoms with E-state index in [0.29, 0.717) is 19.5 Å². The van der Waals surface area contributed by atoms with Gasteiger partial charge >= 0.3 is 0 Å². The number of likely N-dealkylation sites (tertiary alicyclic amines) is 1. The van der Waals surface area contributed by atoms with E-state index in [4.69, 9.17) is 9.78 Å². The van der Waals surface area contributed by atoms with Crippen molar-refractivity contribution in [3.05, 3.63) is 108 Å².